The summed E-state index contributed by atoms with van der Waals surface area (Å²) in [6.07, 6.45) is -4.75. The van der Waals surface area contributed by atoms with E-state index >= 15 is 0 Å². The van der Waals surface area contributed by atoms with Gasteiger partial charge in [0.05, 0.1) is 5.56 Å². The molecule has 0 aliphatic rings. The maximum Gasteiger partial charge on any atom is 0.434 e. The number of pyridine rings is 1. The normalized spacial score (nSPS) is 11.5. The molecule has 0 unspecified atom stereocenters. The maximum atomic E-state index is 12.3. The highest BCUT2D eigenvalue weighted by Crippen LogP contribution is 2.31. The van der Waals surface area contributed by atoms with Crippen molar-refractivity contribution in [3.8, 4) is 0 Å². The van der Waals surface area contributed by atoms with Crippen LogP contribution in [0.5, 0.6) is 0 Å². The molecule has 1 heterocycles. The van der Waals surface area contributed by atoms with Crippen molar-refractivity contribution >= 4 is 28.4 Å². The van der Waals surface area contributed by atoms with Crippen LogP contribution in [0.15, 0.2) is 12.1 Å². The SMILES string of the molecule is O=C(Cl)c1ccc(Cl)nc1C(F)(F)F. The number of hydrogen-bond acceptors (Lipinski definition) is 2. The van der Waals surface area contributed by atoms with Crippen molar-refractivity contribution in [2.75, 3.05) is 0 Å². The molecule has 76 valence electrons. The molecule has 14 heavy (non-hydrogen) atoms. The zero-order valence-corrected chi connectivity index (χ0v) is 7.91. The van der Waals surface area contributed by atoms with Gasteiger partial charge in [0, 0.05) is 0 Å². The van der Waals surface area contributed by atoms with E-state index in [1.165, 1.54) is 0 Å². The molecular formula is C7H2Cl2F3NO. The van der Waals surface area contributed by atoms with Crippen molar-refractivity contribution in [2.24, 2.45) is 0 Å². The van der Waals surface area contributed by atoms with Gasteiger partial charge in [-0.05, 0) is 23.7 Å². The summed E-state index contributed by atoms with van der Waals surface area (Å²) in [6.45, 7) is 0. The van der Waals surface area contributed by atoms with Crippen LogP contribution in [-0.4, -0.2) is 10.2 Å². The topological polar surface area (TPSA) is 30.0 Å². The van der Waals surface area contributed by atoms with Gasteiger partial charge in [-0.15, -0.1) is 0 Å². The number of aromatic nitrogens is 1. The summed E-state index contributed by atoms with van der Waals surface area (Å²) in [6, 6.07) is 1.94. The van der Waals surface area contributed by atoms with Crippen LogP contribution < -0.4 is 0 Å². The van der Waals surface area contributed by atoms with E-state index in [-0.39, 0.29) is 5.15 Å². The van der Waals surface area contributed by atoms with Gasteiger partial charge >= 0.3 is 6.18 Å². The lowest BCUT2D eigenvalue weighted by Gasteiger charge is -2.08. The molecule has 1 rings (SSSR count). The highest BCUT2D eigenvalue weighted by molar-refractivity contribution is 6.67. The van der Waals surface area contributed by atoms with E-state index in [9.17, 15) is 18.0 Å². The standard InChI is InChI=1S/C7H2Cl2F3NO/c8-4-2-1-3(6(9)14)5(13-4)7(10,11)12/h1-2H. The molecule has 0 aromatic carbocycles. The Kier molecular flexibility index (Phi) is 3.01. The largest absolute Gasteiger partial charge is 0.434 e. The molecule has 1 aromatic heterocycles. The van der Waals surface area contributed by atoms with Crippen LogP contribution in [0.1, 0.15) is 16.1 Å². The van der Waals surface area contributed by atoms with E-state index < -0.39 is 22.7 Å². The van der Waals surface area contributed by atoms with Crippen molar-refractivity contribution in [3.05, 3.63) is 28.5 Å². The smallest absolute Gasteiger partial charge is 0.276 e. The van der Waals surface area contributed by atoms with Gasteiger partial charge in [-0.2, -0.15) is 13.2 Å². The first-order chi connectivity index (χ1) is 6.32. The molecule has 0 bridgehead atoms. The van der Waals surface area contributed by atoms with Crippen LogP contribution in [-0.2, 0) is 6.18 Å². The highest BCUT2D eigenvalue weighted by atomic mass is 35.5. The Morgan fingerprint density at radius 2 is 1.93 bits per heavy atom. The van der Waals surface area contributed by atoms with Gasteiger partial charge in [0.25, 0.3) is 5.24 Å². The third-order valence-corrected chi connectivity index (χ3v) is 1.76. The minimum absolute atomic E-state index is 0.348. The predicted molar refractivity (Wildman–Crippen MR) is 44.4 cm³/mol. The van der Waals surface area contributed by atoms with E-state index in [1.54, 1.807) is 0 Å². The van der Waals surface area contributed by atoms with Crippen LogP contribution in [0, 0.1) is 0 Å². The zero-order valence-electron chi connectivity index (χ0n) is 6.40. The number of rotatable bonds is 1. The number of carbonyl (C=O) groups is 1. The highest BCUT2D eigenvalue weighted by Gasteiger charge is 2.37. The van der Waals surface area contributed by atoms with E-state index in [0.717, 1.165) is 12.1 Å². The lowest BCUT2D eigenvalue weighted by molar-refractivity contribution is -0.141. The Labute approximate surface area is 86.6 Å². The fraction of sp³-hybridized carbons (Fsp3) is 0.143. The first-order valence-electron chi connectivity index (χ1n) is 3.26. The third kappa shape index (κ3) is 2.36. The van der Waals surface area contributed by atoms with Crippen molar-refractivity contribution in [1.29, 1.82) is 0 Å². The minimum Gasteiger partial charge on any atom is -0.276 e. The van der Waals surface area contributed by atoms with E-state index in [2.05, 4.69) is 4.98 Å². The summed E-state index contributed by atoms with van der Waals surface area (Å²) in [5.74, 6) is 0. The average molecular weight is 244 g/mol. The zero-order chi connectivity index (χ0) is 10.9. The van der Waals surface area contributed by atoms with Gasteiger partial charge < -0.3 is 0 Å². The first kappa shape index (κ1) is 11.3. The fourth-order valence-corrected chi connectivity index (χ4v) is 1.11. The summed E-state index contributed by atoms with van der Waals surface area (Å²) in [7, 11) is 0. The van der Waals surface area contributed by atoms with Crippen molar-refractivity contribution in [3.63, 3.8) is 0 Å². The lowest BCUT2D eigenvalue weighted by atomic mass is 10.2. The van der Waals surface area contributed by atoms with Gasteiger partial charge in [0.15, 0.2) is 5.69 Å². The minimum atomic E-state index is -4.75. The number of nitrogens with zero attached hydrogens (tertiary/aromatic N) is 1. The predicted octanol–water partition coefficient (Wildman–Crippen LogP) is 3.13. The molecule has 0 fully saturated rings. The number of hydrogen-bond donors (Lipinski definition) is 0. The Hall–Kier alpha value is -0.810. The Balaban J connectivity index is 3.38. The summed E-state index contributed by atoms with van der Waals surface area (Å²) in [5, 5.41) is -1.57. The molecule has 0 saturated heterocycles. The molecule has 0 saturated carbocycles. The van der Waals surface area contributed by atoms with Crippen LogP contribution in [0.4, 0.5) is 13.2 Å². The van der Waals surface area contributed by atoms with E-state index in [0.29, 0.717) is 0 Å². The molecular weight excluding hydrogens is 242 g/mol. The molecule has 0 radical (unpaired) electrons. The second-order valence-electron chi connectivity index (χ2n) is 2.30. The van der Waals surface area contributed by atoms with Gasteiger partial charge in [-0.3, -0.25) is 4.79 Å². The molecule has 0 atom stereocenters. The van der Waals surface area contributed by atoms with E-state index in [4.69, 9.17) is 23.2 Å². The molecule has 1 aromatic rings. The third-order valence-electron chi connectivity index (χ3n) is 1.34. The molecule has 0 spiro atoms. The van der Waals surface area contributed by atoms with Gasteiger partial charge in [0.1, 0.15) is 5.15 Å². The summed E-state index contributed by atoms with van der Waals surface area (Å²) in [4.78, 5) is 13.6. The van der Waals surface area contributed by atoms with Crippen LogP contribution >= 0.6 is 23.2 Å². The van der Waals surface area contributed by atoms with Gasteiger partial charge in [0.2, 0.25) is 0 Å². The molecule has 7 heteroatoms. The van der Waals surface area contributed by atoms with Crippen molar-refractivity contribution in [2.45, 2.75) is 6.18 Å². The summed E-state index contributed by atoms with van der Waals surface area (Å²) < 4.78 is 36.8. The fourth-order valence-electron chi connectivity index (χ4n) is 0.810. The van der Waals surface area contributed by atoms with Crippen LogP contribution in [0.2, 0.25) is 5.15 Å². The van der Waals surface area contributed by atoms with Gasteiger partial charge in [-0.25, -0.2) is 4.98 Å². The second-order valence-corrected chi connectivity index (χ2v) is 3.03. The molecule has 0 N–H and O–H groups in total. The average Bonchev–Trinajstić information content (AvgIpc) is 2.01. The monoisotopic (exact) mass is 243 g/mol. The Morgan fingerprint density at radius 1 is 1.36 bits per heavy atom. The van der Waals surface area contributed by atoms with Gasteiger partial charge in [-0.1, -0.05) is 11.6 Å². The summed E-state index contributed by atoms with van der Waals surface area (Å²) in [5.41, 5.74) is -2.08. The first-order valence-corrected chi connectivity index (χ1v) is 4.01. The van der Waals surface area contributed by atoms with Crippen molar-refractivity contribution < 1.29 is 18.0 Å². The molecule has 2 nitrogen and oxygen atoms in total. The molecule has 0 aliphatic carbocycles. The lowest BCUT2D eigenvalue weighted by Crippen LogP contribution is -2.13. The van der Waals surface area contributed by atoms with Crippen molar-refractivity contribution in [1.82, 2.24) is 4.98 Å². The number of alkyl halides is 3. The number of carbonyl (C=O) groups excluding carboxylic acids is 1. The van der Waals surface area contributed by atoms with E-state index in [1.807, 2.05) is 0 Å². The van der Waals surface area contributed by atoms with Crippen LogP contribution in [0.25, 0.3) is 0 Å². The number of halogens is 5. The molecule has 0 aliphatic heterocycles. The molecule has 0 amide bonds. The Morgan fingerprint density at radius 3 is 2.36 bits per heavy atom. The quantitative estimate of drug-likeness (QED) is 0.561. The second kappa shape index (κ2) is 3.74. The van der Waals surface area contributed by atoms with Crippen LogP contribution in [0.3, 0.4) is 0 Å². The maximum absolute atomic E-state index is 12.3. The Bertz CT molecular complexity index is 378. The summed E-state index contributed by atoms with van der Waals surface area (Å²) >= 11 is 10.2.